The standard InChI is InChI=1S/C8H16N2O/c9-7-10-4-3-8(10)2-1-5-11-6-8/h1-7,9H2. The van der Waals surface area contributed by atoms with Gasteiger partial charge in [0.25, 0.3) is 0 Å². The van der Waals surface area contributed by atoms with Crippen molar-refractivity contribution in [3.05, 3.63) is 0 Å². The molecule has 11 heavy (non-hydrogen) atoms. The first-order valence-electron chi connectivity index (χ1n) is 4.40. The predicted octanol–water partition coefficient (Wildman–Crippen LogP) is 0.157. The topological polar surface area (TPSA) is 38.5 Å². The van der Waals surface area contributed by atoms with E-state index in [4.69, 9.17) is 10.5 Å². The van der Waals surface area contributed by atoms with E-state index in [9.17, 15) is 0 Å². The van der Waals surface area contributed by atoms with Crippen LogP contribution in [0, 0.1) is 0 Å². The van der Waals surface area contributed by atoms with Gasteiger partial charge in [-0.15, -0.1) is 0 Å². The number of hydrogen-bond donors (Lipinski definition) is 1. The van der Waals surface area contributed by atoms with Crippen molar-refractivity contribution in [2.75, 3.05) is 26.4 Å². The molecule has 3 heteroatoms. The predicted molar refractivity (Wildman–Crippen MR) is 43.2 cm³/mol. The maximum atomic E-state index is 5.61. The average Bonchev–Trinajstić information content (AvgIpc) is 2.05. The molecule has 0 aliphatic carbocycles. The van der Waals surface area contributed by atoms with Gasteiger partial charge in [-0.2, -0.15) is 0 Å². The summed E-state index contributed by atoms with van der Waals surface area (Å²) in [5, 5.41) is 0. The zero-order valence-corrected chi connectivity index (χ0v) is 6.88. The van der Waals surface area contributed by atoms with Crippen molar-refractivity contribution in [3.63, 3.8) is 0 Å². The minimum Gasteiger partial charge on any atom is -0.380 e. The fourth-order valence-corrected chi connectivity index (χ4v) is 2.16. The Morgan fingerprint density at radius 1 is 1.45 bits per heavy atom. The zero-order chi connectivity index (χ0) is 7.73. The summed E-state index contributed by atoms with van der Waals surface area (Å²) in [7, 11) is 0. The van der Waals surface area contributed by atoms with E-state index in [0.717, 1.165) is 13.2 Å². The van der Waals surface area contributed by atoms with Gasteiger partial charge in [-0.05, 0) is 19.3 Å². The molecule has 3 nitrogen and oxygen atoms in total. The molecular weight excluding hydrogens is 140 g/mol. The Kier molecular flexibility index (Phi) is 1.87. The molecule has 1 atom stereocenters. The van der Waals surface area contributed by atoms with E-state index in [1.165, 1.54) is 25.8 Å². The van der Waals surface area contributed by atoms with E-state index < -0.39 is 0 Å². The van der Waals surface area contributed by atoms with Gasteiger partial charge in [0.15, 0.2) is 0 Å². The lowest BCUT2D eigenvalue weighted by molar-refractivity contribution is -0.107. The van der Waals surface area contributed by atoms with Crippen molar-refractivity contribution in [1.82, 2.24) is 4.90 Å². The highest BCUT2D eigenvalue weighted by Gasteiger charge is 2.44. The Morgan fingerprint density at radius 3 is 2.82 bits per heavy atom. The second-order valence-corrected chi connectivity index (χ2v) is 3.58. The highest BCUT2D eigenvalue weighted by molar-refractivity contribution is 5.00. The molecule has 0 bridgehead atoms. The molecule has 2 saturated heterocycles. The molecule has 2 fully saturated rings. The van der Waals surface area contributed by atoms with E-state index in [-0.39, 0.29) is 0 Å². The van der Waals surface area contributed by atoms with Crippen LogP contribution in [0.25, 0.3) is 0 Å². The van der Waals surface area contributed by atoms with Crippen molar-refractivity contribution >= 4 is 0 Å². The maximum Gasteiger partial charge on any atom is 0.0651 e. The Labute approximate surface area is 67.5 Å². The highest BCUT2D eigenvalue weighted by Crippen LogP contribution is 2.36. The van der Waals surface area contributed by atoms with Crippen LogP contribution in [0.2, 0.25) is 0 Å². The number of nitrogens with zero attached hydrogens (tertiary/aromatic N) is 1. The third-order valence-electron chi connectivity index (χ3n) is 3.04. The number of ether oxygens (including phenoxy) is 1. The van der Waals surface area contributed by atoms with Crippen LogP contribution in [0.1, 0.15) is 19.3 Å². The molecule has 0 aromatic heterocycles. The smallest absolute Gasteiger partial charge is 0.0651 e. The highest BCUT2D eigenvalue weighted by atomic mass is 16.5. The molecule has 0 aromatic carbocycles. The van der Waals surface area contributed by atoms with Crippen molar-refractivity contribution in [2.24, 2.45) is 5.73 Å². The second-order valence-electron chi connectivity index (χ2n) is 3.58. The van der Waals surface area contributed by atoms with Crippen LogP contribution in [0.15, 0.2) is 0 Å². The molecule has 2 rings (SSSR count). The number of hydrogen-bond acceptors (Lipinski definition) is 3. The molecule has 1 unspecified atom stereocenters. The molecule has 2 N–H and O–H groups in total. The molecule has 0 radical (unpaired) electrons. The van der Waals surface area contributed by atoms with Crippen LogP contribution < -0.4 is 5.73 Å². The quantitative estimate of drug-likeness (QED) is 0.587. The van der Waals surface area contributed by atoms with Crippen molar-refractivity contribution in [1.29, 1.82) is 0 Å². The monoisotopic (exact) mass is 156 g/mol. The van der Waals surface area contributed by atoms with E-state index in [0.29, 0.717) is 12.2 Å². The molecule has 0 amide bonds. The first-order chi connectivity index (χ1) is 5.37. The van der Waals surface area contributed by atoms with E-state index in [1.54, 1.807) is 0 Å². The lowest BCUT2D eigenvalue weighted by atomic mass is 9.80. The van der Waals surface area contributed by atoms with Crippen LogP contribution in [-0.4, -0.2) is 36.9 Å². The lowest BCUT2D eigenvalue weighted by Gasteiger charge is -2.54. The molecule has 1 spiro atoms. The lowest BCUT2D eigenvalue weighted by Crippen LogP contribution is -2.65. The van der Waals surface area contributed by atoms with Crippen LogP contribution in [0.3, 0.4) is 0 Å². The van der Waals surface area contributed by atoms with Crippen LogP contribution >= 0.6 is 0 Å². The third-order valence-corrected chi connectivity index (χ3v) is 3.04. The SMILES string of the molecule is NCN1CCC12CCCOC2. The normalized spacial score (nSPS) is 39.0. The molecular formula is C8H16N2O. The van der Waals surface area contributed by atoms with Gasteiger partial charge in [-0.1, -0.05) is 0 Å². The van der Waals surface area contributed by atoms with Crippen molar-refractivity contribution in [3.8, 4) is 0 Å². The Hall–Kier alpha value is -0.120. The van der Waals surface area contributed by atoms with E-state index in [1.807, 2.05) is 0 Å². The summed E-state index contributed by atoms with van der Waals surface area (Å²) < 4.78 is 5.46. The van der Waals surface area contributed by atoms with Crippen molar-refractivity contribution in [2.45, 2.75) is 24.8 Å². The molecule has 2 heterocycles. The van der Waals surface area contributed by atoms with Gasteiger partial charge in [-0.3, -0.25) is 4.90 Å². The Bertz CT molecular complexity index is 141. The third kappa shape index (κ3) is 1.08. The van der Waals surface area contributed by atoms with Gasteiger partial charge in [0.2, 0.25) is 0 Å². The van der Waals surface area contributed by atoms with Crippen LogP contribution in [0.5, 0.6) is 0 Å². The van der Waals surface area contributed by atoms with Gasteiger partial charge >= 0.3 is 0 Å². The number of nitrogens with two attached hydrogens (primary N) is 1. The summed E-state index contributed by atoms with van der Waals surface area (Å²) in [4.78, 5) is 2.34. The van der Waals surface area contributed by atoms with Gasteiger partial charge in [0.1, 0.15) is 0 Å². The summed E-state index contributed by atoms with van der Waals surface area (Å²) in [6.07, 6.45) is 3.77. The average molecular weight is 156 g/mol. The fourth-order valence-electron chi connectivity index (χ4n) is 2.16. The molecule has 0 aromatic rings. The van der Waals surface area contributed by atoms with E-state index in [2.05, 4.69) is 4.90 Å². The Balaban J connectivity index is 1.97. The summed E-state index contributed by atoms with van der Waals surface area (Å²) in [6.45, 7) is 3.72. The first kappa shape index (κ1) is 7.53. The molecule has 0 saturated carbocycles. The zero-order valence-electron chi connectivity index (χ0n) is 6.88. The summed E-state index contributed by atoms with van der Waals surface area (Å²) in [5.74, 6) is 0. The summed E-state index contributed by atoms with van der Waals surface area (Å²) >= 11 is 0. The summed E-state index contributed by atoms with van der Waals surface area (Å²) in [5.41, 5.74) is 5.96. The number of rotatable bonds is 1. The van der Waals surface area contributed by atoms with Gasteiger partial charge in [-0.25, -0.2) is 0 Å². The van der Waals surface area contributed by atoms with Crippen LogP contribution in [0.4, 0.5) is 0 Å². The minimum absolute atomic E-state index is 0.354. The number of likely N-dealkylation sites (tertiary alicyclic amines) is 1. The largest absolute Gasteiger partial charge is 0.380 e. The maximum absolute atomic E-state index is 5.61. The molecule has 2 aliphatic rings. The van der Waals surface area contributed by atoms with Gasteiger partial charge in [0.05, 0.1) is 6.61 Å². The fraction of sp³-hybridized carbons (Fsp3) is 1.00. The molecule has 2 aliphatic heterocycles. The second kappa shape index (κ2) is 2.73. The van der Waals surface area contributed by atoms with E-state index >= 15 is 0 Å². The summed E-state index contributed by atoms with van der Waals surface area (Å²) in [6, 6.07) is 0. The first-order valence-corrected chi connectivity index (χ1v) is 4.40. The van der Waals surface area contributed by atoms with Crippen LogP contribution in [-0.2, 0) is 4.74 Å². The minimum atomic E-state index is 0.354. The van der Waals surface area contributed by atoms with Gasteiger partial charge < -0.3 is 10.5 Å². The van der Waals surface area contributed by atoms with Crippen molar-refractivity contribution < 1.29 is 4.74 Å². The van der Waals surface area contributed by atoms with Gasteiger partial charge in [0, 0.05) is 25.4 Å². The Morgan fingerprint density at radius 2 is 2.36 bits per heavy atom. The molecule has 64 valence electrons.